The average molecular weight is 480 g/mol. The van der Waals surface area contributed by atoms with Crippen LogP contribution in [0.5, 0.6) is 0 Å². The summed E-state index contributed by atoms with van der Waals surface area (Å²) in [5.41, 5.74) is 1.52. The Labute approximate surface area is 206 Å². The fraction of sp³-hybridized carbons (Fsp3) is 0.412. The summed E-state index contributed by atoms with van der Waals surface area (Å²) < 4.78 is 38.7. The number of amides is 4. The molecule has 0 bridgehead atoms. The van der Waals surface area contributed by atoms with Gasteiger partial charge in [-0.2, -0.15) is 5.01 Å². The molecule has 2 rings (SSSR count). The minimum absolute atomic E-state index is 0. The van der Waals surface area contributed by atoms with Crippen LogP contribution in [0.3, 0.4) is 0 Å². The van der Waals surface area contributed by atoms with Gasteiger partial charge in [0.1, 0.15) is 11.6 Å². The largest absolute Gasteiger partial charge is 1.00 e. The third-order valence-electron chi connectivity index (χ3n) is 3.91. The van der Waals surface area contributed by atoms with Crippen molar-refractivity contribution in [1.29, 1.82) is 0 Å². The van der Waals surface area contributed by atoms with Crippen molar-refractivity contribution in [3.63, 3.8) is 0 Å². The normalized spacial score (nSPS) is 18.2. The number of carbonyl (C=O) groups excluding carboxylic acids is 4. The second-order valence-corrected chi connectivity index (χ2v) is 8.69. The summed E-state index contributed by atoms with van der Waals surface area (Å²) in [6.45, 7) is 4.33. The molecule has 4 amide bonds. The first-order valence-corrected chi connectivity index (χ1v) is 10.2. The minimum atomic E-state index is -5.48. The molecular formula is C17H21N4NaO9S. The molecule has 0 aliphatic carbocycles. The summed E-state index contributed by atoms with van der Waals surface area (Å²) in [6, 6.07) is 6.39. The summed E-state index contributed by atoms with van der Waals surface area (Å²) >= 11 is 0. The molecule has 1 aromatic carbocycles. The molecule has 3 N–H and O–H groups in total. The Hall–Kier alpha value is -2.07. The first-order chi connectivity index (χ1) is 14.2. The van der Waals surface area contributed by atoms with Crippen LogP contribution in [0.15, 0.2) is 30.3 Å². The summed E-state index contributed by atoms with van der Waals surface area (Å²) in [6.07, 6.45) is -1.38. The van der Waals surface area contributed by atoms with E-state index in [-0.39, 0.29) is 45.5 Å². The van der Waals surface area contributed by atoms with Crippen LogP contribution in [0.1, 0.15) is 26.3 Å². The SMILES string of the molecule is CC(C)(C)OC(=O)N(N)C(=O)C1C(C(=O)NOCc2ccccc2)C(=O)N1S(=O)(=O)[O-].[Na+]. The molecule has 1 fully saturated rings. The van der Waals surface area contributed by atoms with Crippen LogP contribution in [-0.4, -0.2) is 57.7 Å². The van der Waals surface area contributed by atoms with Crippen molar-refractivity contribution in [2.24, 2.45) is 11.8 Å². The molecule has 0 saturated carbocycles. The molecule has 170 valence electrons. The van der Waals surface area contributed by atoms with E-state index in [1.807, 2.05) is 5.48 Å². The van der Waals surface area contributed by atoms with E-state index in [2.05, 4.69) is 0 Å². The van der Waals surface area contributed by atoms with E-state index in [4.69, 9.17) is 15.4 Å². The second-order valence-electron chi connectivity index (χ2n) is 7.44. The van der Waals surface area contributed by atoms with Crippen LogP contribution in [0.25, 0.3) is 0 Å². The Bertz CT molecular complexity index is 981. The van der Waals surface area contributed by atoms with Crippen LogP contribution in [-0.2, 0) is 40.9 Å². The summed E-state index contributed by atoms with van der Waals surface area (Å²) in [5.74, 6) is -0.745. The van der Waals surface area contributed by atoms with Crippen molar-refractivity contribution in [1.82, 2.24) is 14.8 Å². The standard InChI is InChI=1S/C17H22N4O9S.Na/c1-17(2,3)30-16(25)20(18)15(24)12-11(14(23)21(12)31(26,27)28)13(22)19-29-9-10-7-5-4-6-8-10;/h4-8,11-12H,9,18H2,1-3H3,(H,19,22)(H,26,27,28);/q;+1/p-1. The third-order valence-corrected chi connectivity index (χ3v) is 4.80. The molecule has 0 radical (unpaired) electrons. The van der Waals surface area contributed by atoms with Crippen molar-refractivity contribution in [3.8, 4) is 0 Å². The fourth-order valence-corrected chi connectivity index (χ4v) is 3.41. The molecular weight excluding hydrogens is 459 g/mol. The third kappa shape index (κ3) is 6.71. The molecule has 1 aromatic rings. The topological polar surface area (TPSA) is 188 Å². The van der Waals surface area contributed by atoms with Crippen molar-refractivity contribution < 1.29 is 71.3 Å². The molecule has 1 aliphatic rings. The predicted molar refractivity (Wildman–Crippen MR) is 100 cm³/mol. The number of β-lactam (4-membered cyclic amide) rings is 1. The van der Waals surface area contributed by atoms with Crippen molar-refractivity contribution in [3.05, 3.63) is 35.9 Å². The van der Waals surface area contributed by atoms with E-state index >= 15 is 0 Å². The average Bonchev–Trinajstić information content (AvgIpc) is 2.63. The number of hydrogen-bond donors (Lipinski definition) is 2. The van der Waals surface area contributed by atoms with E-state index < -0.39 is 51.7 Å². The first-order valence-electron chi connectivity index (χ1n) is 8.80. The summed E-state index contributed by atoms with van der Waals surface area (Å²) in [5, 5.41) is -0.106. The predicted octanol–water partition coefficient (Wildman–Crippen LogP) is -3.84. The second kappa shape index (κ2) is 10.7. The molecule has 0 spiro atoms. The van der Waals surface area contributed by atoms with E-state index in [1.165, 1.54) is 20.8 Å². The fourth-order valence-electron chi connectivity index (χ4n) is 2.58. The van der Waals surface area contributed by atoms with Gasteiger partial charge in [0, 0.05) is 0 Å². The number of ether oxygens (including phenoxy) is 1. The number of benzene rings is 1. The van der Waals surface area contributed by atoms with Gasteiger partial charge in [-0.05, 0) is 26.3 Å². The molecule has 1 saturated heterocycles. The summed E-state index contributed by atoms with van der Waals surface area (Å²) in [7, 11) is -5.48. The Morgan fingerprint density at radius 3 is 2.28 bits per heavy atom. The van der Waals surface area contributed by atoms with E-state index in [9.17, 15) is 32.1 Å². The number of nitrogens with two attached hydrogens (primary N) is 1. The Morgan fingerprint density at radius 2 is 1.78 bits per heavy atom. The van der Waals surface area contributed by atoms with Crippen molar-refractivity contribution >= 4 is 34.1 Å². The molecule has 1 heterocycles. The van der Waals surface area contributed by atoms with Gasteiger partial charge in [0.05, 0.1) is 6.61 Å². The Morgan fingerprint density at radius 1 is 1.22 bits per heavy atom. The molecule has 15 heteroatoms. The van der Waals surface area contributed by atoms with Gasteiger partial charge in [-0.15, -0.1) is 0 Å². The number of hydrogen-bond acceptors (Lipinski definition) is 10. The van der Waals surface area contributed by atoms with Gasteiger partial charge < -0.3 is 9.29 Å². The van der Waals surface area contributed by atoms with Gasteiger partial charge in [0.25, 0.3) is 17.7 Å². The first kappa shape index (κ1) is 28.0. The summed E-state index contributed by atoms with van der Waals surface area (Å²) in [4.78, 5) is 53.9. The maximum absolute atomic E-state index is 12.5. The zero-order valence-electron chi connectivity index (χ0n) is 17.8. The van der Waals surface area contributed by atoms with Gasteiger partial charge in [-0.3, -0.25) is 19.2 Å². The monoisotopic (exact) mass is 480 g/mol. The maximum Gasteiger partial charge on any atom is 1.00 e. The smallest absolute Gasteiger partial charge is 0.731 e. The van der Waals surface area contributed by atoms with E-state index in [0.717, 1.165) is 0 Å². The van der Waals surface area contributed by atoms with Crippen LogP contribution < -0.4 is 40.9 Å². The van der Waals surface area contributed by atoms with Gasteiger partial charge in [0.15, 0.2) is 16.2 Å². The number of hydrazine groups is 1. The zero-order chi connectivity index (χ0) is 23.6. The number of hydroxylamine groups is 1. The maximum atomic E-state index is 12.5. The van der Waals surface area contributed by atoms with Gasteiger partial charge >= 0.3 is 35.7 Å². The van der Waals surface area contributed by atoms with Gasteiger partial charge in [-0.25, -0.2) is 28.8 Å². The molecule has 0 aromatic heterocycles. The van der Waals surface area contributed by atoms with Gasteiger partial charge in [0.2, 0.25) is 0 Å². The molecule has 2 atom stereocenters. The van der Waals surface area contributed by atoms with E-state index in [1.54, 1.807) is 30.3 Å². The van der Waals surface area contributed by atoms with Crippen LogP contribution in [0.4, 0.5) is 4.79 Å². The Kier molecular flexibility index (Phi) is 9.35. The number of rotatable bonds is 6. The molecule has 2 unspecified atom stereocenters. The number of carbonyl (C=O) groups is 4. The van der Waals surface area contributed by atoms with Crippen LogP contribution in [0, 0.1) is 5.92 Å². The molecule has 32 heavy (non-hydrogen) atoms. The van der Waals surface area contributed by atoms with Crippen LogP contribution in [0.2, 0.25) is 0 Å². The van der Waals surface area contributed by atoms with Crippen molar-refractivity contribution in [2.75, 3.05) is 0 Å². The molecule has 1 aliphatic heterocycles. The van der Waals surface area contributed by atoms with Gasteiger partial charge in [-0.1, -0.05) is 30.3 Å². The minimum Gasteiger partial charge on any atom is -0.731 e. The van der Waals surface area contributed by atoms with Crippen LogP contribution >= 0.6 is 0 Å². The zero-order valence-corrected chi connectivity index (χ0v) is 20.6. The molecule has 13 nitrogen and oxygen atoms in total. The number of nitrogens with zero attached hydrogens (tertiary/aromatic N) is 2. The van der Waals surface area contributed by atoms with E-state index in [0.29, 0.717) is 5.56 Å². The number of nitrogens with one attached hydrogen (secondary N) is 1. The Balaban J connectivity index is 0.00000512. The number of imide groups is 1. The van der Waals surface area contributed by atoms with Crippen molar-refractivity contribution in [2.45, 2.75) is 39.0 Å². The quantitative estimate of drug-likeness (QED) is 0.0776.